The molecule has 1 aromatic heterocycles. The Morgan fingerprint density at radius 2 is 2.10 bits per heavy atom. The molecule has 1 N–H and O–H groups in total. The van der Waals surface area contributed by atoms with Crippen molar-refractivity contribution in [2.24, 2.45) is 0 Å². The van der Waals surface area contributed by atoms with E-state index < -0.39 is 6.61 Å². The molecule has 1 aromatic carbocycles. The molecular formula is C14H13ClF2N2O. The summed E-state index contributed by atoms with van der Waals surface area (Å²) in [4.78, 5) is 4.01. The molecule has 0 saturated carbocycles. The molecule has 6 heteroatoms. The Bertz CT molecular complexity index is 593. The van der Waals surface area contributed by atoms with Crippen molar-refractivity contribution < 1.29 is 13.5 Å². The Hall–Kier alpha value is -1.88. The SMILES string of the molecule is Cc1cnc(Cl)c(NCc2ccccc2OC(F)F)c1. The first-order chi connectivity index (χ1) is 9.56. The van der Waals surface area contributed by atoms with Crippen molar-refractivity contribution in [2.75, 3.05) is 5.32 Å². The summed E-state index contributed by atoms with van der Waals surface area (Å²) in [6, 6.07) is 8.45. The number of anilines is 1. The van der Waals surface area contributed by atoms with Gasteiger partial charge in [0.25, 0.3) is 0 Å². The summed E-state index contributed by atoms with van der Waals surface area (Å²) >= 11 is 5.96. The number of aromatic nitrogens is 1. The van der Waals surface area contributed by atoms with E-state index in [0.29, 0.717) is 22.9 Å². The first kappa shape index (κ1) is 14.5. The highest BCUT2D eigenvalue weighted by Gasteiger charge is 2.09. The van der Waals surface area contributed by atoms with Gasteiger partial charge in [-0.15, -0.1) is 0 Å². The lowest BCUT2D eigenvalue weighted by atomic mass is 10.2. The molecule has 3 nitrogen and oxygen atoms in total. The molecule has 0 aliphatic carbocycles. The van der Waals surface area contributed by atoms with Crippen molar-refractivity contribution in [3.8, 4) is 5.75 Å². The summed E-state index contributed by atoms with van der Waals surface area (Å²) in [5.74, 6) is 0.145. The van der Waals surface area contributed by atoms with Crippen LogP contribution >= 0.6 is 11.6 Å². The van der Waals surface area contributed by atoms with Crippen LogP contribution in [0.4, 0.5) is 14.5 Å². The molecule has 0 spiro atoms. The highest BCUT2D eigenvalue weighted by Crippen LogP contribution is 2.24. The molecule has 0 saturated heterocycles. The van der Waals surface area contributed by atoms with Crippen molar-refractivity contribution in [2.45, 2.75) is 20.1 Å². The summed E-state index contributed by atoms with van der Waals surface area (Å²) in [6.07, 6.45) is 1.65. The van der Waals surface area contributed by atoms with E-state index in [1.165, 1.54) is 6.07 Å². The van der Waals surface area contributed by atoms with E-state index in [4.69, 9.17) is 11.6 Å². The Balaban J connectivity index is 2.12. The fourth-order valence-electron chi connectivity index (χ4n) is 1.73. The quantitative estimate of drug-likeness (QED) is 0.838. The number of aryl methyl sites for hydroxylation is 1. The fourth-order valence-corrected chi connectivity index (χ4v) is 1.90. The van der Waals surface area contributed by atoms with Crippen LogP contribution in [0.5, 0.6) is 5.75 Å². The van der Waals surface area contributed by atoms with E-state index in [0.717, 1.165) is 5.56 Å². The Morgan fingerprint density at radius 1 is 1.35 bits per heavy atom. The van der Waals surface area contributed by atoms with Gasteiger partial charge in [0, 0.05) is 18.3 Å². The number of halogens is 3. The molecule has 0 aliphatic rings. The highest BCUT2D eigenvalue weighted by molar-refractivity contribution is 6.31. The molecule has 2 aromatic rings. The van der Waals surface area contributed by atoms with Gasteiger partial charge in [-0.1, -0.05) is 29.8 Å². The van der Waals surface area contributed by atoms with E-state index in [1.54, 1.807) is 24.4 Å². The van der Waals surface area contributed by atoms with Crippen LogP contribution in [0, 0.1) is 6.92 Å². The molecule has 106 valence electrons. The van der Waals surface area contributed by atoms with Gasteiger partial charge >= 0.3 is 6.61 Å². The van der Waals surface area contributed by atoms with Gasteiger partial charge in [0.2, 0.25) is 0 Å². The van der Waals surface area contributed by atoms with Crippen LogP contribution < -0.4 is 10.1 Å². The fraction of sp³-hybridized carbons (Fsp3) is 0.214. The number of nitrogens with zero attached hydrogens (tertiary/aromatic N) is 1. The lowest BCUT2D eigenvalue weighted by molar-refractivity contribution is -0.0504. The second kappa shape index (κ2) is 6.52. The number of alkyl halides is 2. The maximum Gasteiger partial charge on any atom is 0.387 e. The molecule has 0 bridgehead atoms. The van der Waals surface area contributed by atoms with Crippen molar-refractivity contribution in [1.82, 2.24) is 4.98 Å². The molecule has 2 rings (SSSR count). The third kappa shape index (κ3) is 3.81. The van der Waals surface area contributed by atoms with Crippen LogP contribution in [0.3, 0.4) is 0 Å². The molecular weight excluding hydrogens is 286 g/mol. The zero-order valence-electron chi connectivity index (χ0n) is 10.7. The minimum absolute atomic E-state index is 0.145. The van der Waals surface area contributed by atoms with Gasteiger partial charge in [0.15, 0.2) is 5.15 Å². The molecule has 1 heterocycles. The number of nitrogens with one attached hydrogen (secondary N) is 1. The van der Waals surface area contributed by atoms with E-state index in [1.807, 2.05) is 13.0 Å². The van der Waals surface area contributed by atoms with E-state index in [-0.39, 0.29) is 5.75 Å². The summed E-state index contributed by atoms with van der Waals surface area (Å²) in [5, 5.41) is 3.40. The third-order valence-corrected chi connectivity index (χ3v) is 2.93. The van der Waals surface area contributed by atoms with Gasteiger partial charge in [-0.05, 0) is 24.6 Å². The van der Waals surface area contributed by atoms with E-state index in [9.17, 15) is 8.78 Å². The molecule has 0 fully saturated rings. The van der Waals surface area contributed by atoms with Crippen LogP contribution in [0.25, 0.3) is 0 Å². The summed E-state index contributed by atoms with van der Waals surface area (Å²) in [6.45, 7) is -0.642. The minimum Gasteiger partial charge on any atom is -0.434 e. The summed E-state index contributed by atoms with van der Waals surface area (Å²) in [7, 11) is 0. The smallest absolute Gasteiger partial charge is 0.387 e. The summed E-state index contributed by atoms with van der Waals surface area (Å²) < 4.78 is 29.1. The lowest BCUT2D eigenvalue weighted by Gasteiger charge is -2.12. The van der Waals surface area contributed by atoms with Gasteiger partial charge in [-0.25, -0.2) is 4.98 Å². The zero-order valence-corrected chi connectivity index (χ0v) is 11.5. The number of rotatable bonds is 5. The van der Waals surface area contributed by atoms with Crippen molar-refractivity contribution >= 4 is 17.3 Å². The summed E-state index contributed by atoms with van der Waals surface area (Å²) in [5.41, 5.74) is 2.22. The maximum atomic E-state index is 12.3. The highest BCUT2D eigenvalue weighted by atomic mass is 35.5. The Morgan fingerprint density at radius 3 is 2.85 bits per heavy atom. The van der Waals surface area contributed by atoms with Crippen LogP contribution in [0.1, 0.15) is 11.1 Å². The second-order valence-corrected chi connectivity index (χ2v) is 4.55. The number of benzene rings is 1. The normalized spacial score (nSPS) is 10.7. The van der Waals surface area contributed by atoms with E-state index >= 15 is 0 Å². The molecule has 0 unspecified atom stereocenters. The minimum atomic E-state index is -2.85. The van der Waals surface area contributed by atoms with Crippen LogP contribution in [-0.2, 0) is 6.54 Å². The standard InChI is InChI=1S/C14H13ClF2N2O/c1-9-6-11(13(15)19-7-9)18-8-10-4-2-3-5-12(10)20-14(16)17/h2-7,14,18H,8H2,1H3. The van der Waals surface area contributed by atoms with Gasteiger partial charge in [-0.3, -0.25) is 0 Å². The van der Waals surface area contributed by atoms with Crippen molar-refractivity contribution in [3.05, 3.63) is 52.8 Å². The number of ether oxygens (including phenoxy) is 1. The predicted octanol–water partition coefficient (Wildman–Crippen LogP) is 4.26. The molecule has 0 atom stereocenters. The topological polar surface area (TPSA) is 34.2 Å². The van der Waals surface area contributed by atoms with Crippen LogP contribution in [-0.4, -0.2) is 11.6 Å². The number of para-hydroxylation sites is 1. The monoisotopic (exact) mass is 298 g/mol. The number of hydrogen-bond acceptors (Lipinski definition) is 3. The second-order valence-electron chi connectivity index (χ2n) is 4.19. The zero-order chi connectivity index (χ0) is 14.5. The molecule has 0 aliphatic heterocycles. The van der Waals surface area contributed by atoms with Gasteiger partial charge in [-0.2, -0.15) is 8.78 Å². The number of hydrogen-bond donors (Lipinski definition) is 1. The maximum absolute atomic E-state index is 12.3. The molecule has 0 amide bonds. The largest absolute Gasteiger partial charge is 0.434 e. The predicted molar refractivity (Wildman–Crippen MR) is 74.4 cm³/mol. The molecule has 0 radical (unpaired) electrons. The first-order valence-corrected chi connectivity index (χ1v) is 6.33. The van der Waals surface area contributed by atoms with Crippen molar-refractivity contribution in [1.29, 1.82) is 0 Å². The first-order valence-electron chi connectivity index (χ1n) is 5.95. The van der Waals surface area contributed by atoms with E-state index in [2.05, 4.69) is 15.0 Å². The van der Waals surface area contributed by atoms with Crippen LogP contribution in [0.2, 0.25) is 5.15 Å². The third-order valence-electron chi connectivity index (χ3n) is 2.63. The molecule has 20 heavy (non-hydrogen) atoms. The number of pyridine rings is 1. The van der Waals surface area contributed by atoms with Gasteiger partial charge in [0.05, 0.1) is 5.69 Å². The average Bonchev–Trinajstić information content (AvgIpc) is 2.41. The van der Waals surface area contributed by atoms with Crippen molar-refractivity contribution in [3.63, 3.8) is 0 Å². The lowest BCUT2D eigenvalue weighted by Crippen LogP contribution is -2.07. The van der Waals surface area contributed by atoms with Gasteiger partial charge in [0.1, 0.15) is 5.75 Å². The Labute approximate surface area is 120 Å². The Kier molecular flexibility index (Phi) is 4.74. The van der Waals surface area contributed by atoms with Crippen LogP contribution in [0.15, 0.2) is 36.5 Å². The average molecular weight is 299 g/mol. The van der Waals surface area contributed by atoms with Gasteiger partial charge < -0.3 is 10.1 Å².